The molecule has 0 radical (unpaired) electrons. The van der Waals surface area contributed by atoms with Crippen molar-refractivity contribution in [3.63, 3.8) is 0 Å². The van der Waals surface area contributed by atoms with Crippen molar-refractivity contribution in [1.82, 2.24) is 10.2 Å². The third-order valence-electron chi connectivity index (χ3n) is 4.89. The van der Waals surface area contributed by atoms with Crippen LogP contribution in [0.4, 0.5) is 10.5 Å². The molecule has 5 heteroatoms. The van der Waals surface area contributed by atoms with E-state index >= 15 is 0 Å². The topological polar surface area (TPSA) is 52.6 Å². The average molecular weight is 315 g/mol. The molecule has 1 unspecified atom stereocenters. The van der Waals surface area contributed by atoms with Crippen molar-refractivity contribution in [3.05, 3.63) is 29.8 Å². The Morgan fingerprint density at radius 1 is 1.22 bits per heavy atom. The Labute approximate surface area is 137 Å². The van der Waals surface area contributed by atoms with Crippen LogP contribution in [0.5, 0.6) is 0 Å². The summed E-state index contributed by atoms with van der Waals surface area (Å²) in [6.07, 6.45) is 3.05. The number of imide groups is 1. The van der Waals surface area contributed by atoms with Gasteiger partial charge < -0.3 is 10.2 Å². The summed E-state index contributed by atoms with van der Waals surface area (Å²) in [4.78, 5) is 27.9. The number of hydrogen-bond donors (Lipinski definition) is 1. The fourth-order valence-electron chi connectivity index (χ4n) is 3.52. The molecule has 124 valence electrons. The Bertz CT molecular complexity index is 626. The molecule has 1 fully saturated rings. The highest BCUT2D eigenvalue weighted by Crippen LogP contribution is 2.30. The molecule has 1 saturated heterocycles. The largest absolute Gasteiger partial charge is 0.369 e. The van der Waals surface area contributed by atoms with E-state index in [4.69, 9.17) is 0 Å². The van der Waals surface area contributed by atoms with E-state index in [0.717, 1.165) is 25.8 Å². The summed E-state index contributed by atoms with van der Waals surface area (Å²) < 4.78 is 0. The van der Waals surface area contributed by atoms with Gasteiger partial charge in [-0.2, -0.15) is 0 Å². The number of para-hydroxylation sites is 1. The number of carbonyl (C=O) groups excluding carboxylic acids is 2. The van der Waals surface area contributed by atoms with Crippen molar-refractivity contribution < 1.29 is 9.59 Å². The number of rotatable bonds is 4. The van der Waals surface area contributed by atoms with Gasteiger partial charge in [-0.05, 0) is 51.7 Å². The molecule has 0 aromatic heterocycles. The monoisotopic (exact) mass is 315 g/mol. The molecule has 5 nitrogen and oxygen atoms in total. The van der Waals surface area contributed by atoms with Crippen LogP contribution in [0.3, 0.4) is 0 Å². The highest BCUT2D eigenvalue weighted by molar-refractivity contribution is 6.06. The summed E-state index contributed by atoms with van der Waals surface area (Å²) in [6.45, 7) is 7.06. The van der Waals surface area contributed by atoms with Crippen molar-refractivity contribution in [1.29, 1.82) is 0 Å². The van der Waals surface area contributed by atoms with Gasteiger partial charge in [0.05, 0.1) is 0 Å². The van der Waals surface area contributed by atoms with Gasteiger partial charge in [-0.15, -0.1) is 0 Å². The van der Waals surface area contributed by atoms with E-state index in [-0.39, 0.29) is 11.9 Å². The molecular formula is C18H25N3O2. The molecule has 0 spiro atoms. The first-order valence-corrected chi connectivity index (χ1v) is 8.39. The smallest absolute Gasteiger partial charge is 0.325 e. The lowest BCUT2D eigenvalue weighted by Crippen LogP contribution is -2.41. The van der Waals surface area contributed by atoms with Crippen LogP contribution < -0.4 is 10.2 Å². The molecule has 2 heterocycles. The van der Waals surface area contributed by atoms with Gasteiger partial charge in [-0.3, -0.25) is 9.69 Å². The highest BCUT2D eigenvalue weighted by atomic mass is 16.2. The van der Waals surface area contributed by atoms with E-state index in [1.807, 2.05) is 0 Å². The fourth-order valence-corrected chi connectivity index (χ4v) is 3.52. The molecule has 1 atom stereocenters. The molecule has 2 aliphatic rings. The minimum Gasteiger partial charge on any atom is -0.369 e. The summed E-state index contributed by atoms with van der Waals surface area (Å²) >= 11 is 0. The van der Waals surface area contributed by atoms with Crippen molar-refractivity contribution >= 4 is 17.6 Å². The quantitative estimate of drug-likeness (QED) is 0.869. The van der Waals surface area contributed by atoms with Crippen LogP contribution in [0, 0.1) is 0 Å². The minimum atomic E-state index is -0.776. The summed E-state index contributed by atoms with van der Waals surface area (Å²) in [5.41, 5.74) is 1.91. The van der Waals surface area contributed by atoms with E-state index in [1.165, 1.54) is 16.2 Å². The standard InChI is InChI=1S/C18H25N3O2/c1-13-9-10-14-7-4-5-8-15(14)20(13)11-6-12-21-16(22)18(2,3)19-17(21)23/h4-5,7-8,13H,6,9-12H2,1-3H3,(H,19,23). The second-order valence-corrected chi connectivity index (χ2v) is 7.08. The zero-order valence-electron chi connectivity index (χ0n) is 14.1. The molecule has 3 rings (SSSR count). The Hall–Kier alpha value is -2.04. The minimum absolute atomic E-state index is 0.130. The number of nitrogens with zero attached hydrogens (tertiary/aromatic N) is 2. The second kappa shape index (κ2) is 5.87. The van der Waals surface area contributed by atoms with Crippen LogP contribution in [0.2, 0.25) is 0 Å². The summed E-state index contributed by atoms with van der Waals surface area (Å²) in [6, 6.07) is 8.74. The second-order valence-electron chi connectivity index (χ2n) is 7.08. The van der Waals surface area contributed by atoms with Crippen LogP contribution in [-0.4, -0.2) is 41.5 Å². The van der Waals surface area contributed by atoms with Crippen molar-refractivity contribution in [3.8, 4) is 0 Å². The first-order valence-electron chi connectivity index (χ1n) is 8.39. The van der Waals surface area contributed by atoms with E-state index < -0.39 is 5.54 Å². The van der Waals surface area contributed by atoms with E-state index in [0.29, 0.717) is 12.6 Å². The zero-order valence-corrected chi connectivity index (χ0v) is 14.1. The number of nitrogens with one attached hydrogen (secondary N) is 1. The molecule has 23 heavy (non-hydrogen) atoms. The maximum absolute atomic E-state index is 12.2. The maximum atomic E-state index is 12.2. The number of hydrogen-bond acceptors (Lipinski definition) is 3. The molecule has 1 aromatic carbocycles. The fraction of sp³-hybridized carbons (Fsp3) is 0.556. The van der Waals surface area contributed by atoms with Gasteiger partial charge in [-0.25, -0.2) is 4.79 Å². The van der Waals surface area contributed by atoms with Gasteiger partial charge in [0.15, 0.2) is 0 Å². The lowest BCUT2D eigenvalue weighted by molar-refractivity contribution is -0.130. The average Bonchev–Trinajstić information content (AvgIpc) is 2.71. The summed E-state index contributed by atoms with van der Waals surface area (Å²) in [5, 5.41) is 2.73. The van der Waals surface area contributed by atoms with Crippen LogP contribution in [0.15, 0.2) is 24.3 Å². The third-order valence-corrected chi connectivity index (χ3v) is 4.89. The number of amides is 3. The van der Waals surface area contributed by atoms with E-state index in [9.17, 15) is 9.59 Å². The highest BCUT2D eigenvalue weighted by Gasteiger charge is 2.43. The maximum Gasteiger partial charge on any atom is 0.325 e. The molecule has 2 aliphatic heterocycles. The lowest BCUT2D eigenvalue weighted by atomic mass is 9.96. The van der Waals surface area contributed by atoms with Gasteiger partial charge in [0.1, 0.15) is 5.54 Å². The van der Waals surface area contributed by atoms with Gasteiger partial charge in [0.25, 0.3) is 5.91 Å². The summed E-state index contributed by atoms with van der Waals surface area (Å²) in [5.74, 6) is -0.130. The van der Waals surface area contributed by atoms with Crippen LogP contribution in [0.1, 0.15) is 39.2 Å². The lowest BCUT2D eigenvalue weighted by Gasteiger charge is -2.37. The Kier molecular flexibility index (Phi) is 4.04. The molecule has 0 aliphatic carbocycles. The zero-order chi connectivity index (χ0) is 16.6. The van der Waals surface area contributed by atoms with Crippen LogP contribution >= 0.6 is 0 Å². The number of aryl methyl sites for hydroxylation is 1. The third kappa shape index (κ3) is 2.92. The molecule has 1 N–H and O–H groups in total. The number of benzene rings is 1. The first-order chi connectivity index (χ1) is 10.9. The number of urea groups is 1. The number of carbonyl (C=O) groups is 2. The SMILES string of the molecule is CC1CCc2ccccc2N1CCCN1C(=O)NC(C)(C)C1=O. The molecule has 1 aromatic rings. The van der Waals surface area contributed by atoms with Crippen LogP contribution in [0.25, 0.3) is 0 Å². The van der Waals surface area contributed by atoms with Gasteiger partial charge in [0.2, 0.25) is 0 Å². The van der Waals surface area contributed by atoms with Crippen molar-refractivity contribution in [2.45, 2.75) is 51.6 Å². The Morgan fingerprint density at radius 3 is 2.65 bits per heavy atom. The van der Waals surface area contributed by atoms with Gasteiger partial charge >= 0.3 is 6.03 Å². The van der Waals surface area contributed by atoms with Crippen LogP contribution in [-0.2, 0) is 11.2 Å². The number of anilines is 1. The van der Waals surface area contributed by atoms with Gasteiger partial charge in [-0.1, -0.05) is 18.2 Å². The molecule has 0 bridgehead atoms. The van der Waals surface area contributed by atoms with E-state index in [1.54, 1.807) is 13.8 Å². The van der Waals surface area contributed by atoms with Crippen molar-refractivity contribution in [2.24, 2.45) is 0 Å². The number of fused-ring (bicyclic) bond motifs is 1. The van der Waals surface area contributed by atoms with Gasteiger partial charge in [0, 0.05) is 24.8 Å². The molecular weight excluding hydrogens is 290 g/mol. The van der Waals surface area contributed by atoms with Crippen molar-refractivity contribution in [2.75, 3.05) is 18.0 Å². The van der Waals surface area contributed by atoms with E-state index in [2.05, 4.69) is 41.4 Å². The molecule has 3 amide bonds. The predicted molar refractivity (Wildman–Crippen MR) is 90.5 cm³/mol. The molecule has 0 saturated carbocycles. The normalized spacial score (nSPS) is 23.0. The Morgan fingerprint density at radius 2 is 1.96 bits per heavy atom. The Balaban J connectivity index is 1.63. The first kappa shape index (κ1) is 15.8. The summed E-state index contributed by atoms with van der Waals surface area (Å²) in [7, 11) is 0. The predicted octanol–water partition coefficient (Wildman–Crippen LogP) is 2.55.